The van der Waals surface area contributed by atoms with Crippen molar-refractivity contribution in [3.63, 3.8) is 0 Å². The molecule has 2 aromatic heterocycles. The maximum Gasteiger partial charge on any atom is 0.236 e. The SMILES string of the molecule is NC(=O)CNc1ccc2nccnc2n1. The minimum absolute atomic E-state index is 0.0543. The van der Waals surface area contributed by atoms with Gasteiger partial charge in [0.05, 0.1) is 6.54 Å². The summed E-state index contributed by atoms with van der Waals surface area (Å²) in [6.07, 6.45) is 3.16. The number of aromatic nitrogens is 3. The Balaban J connectivity index is 2.26. The number of pyridine rings is 1. The number of nitrogens with two attached hydrogens (primary N) is 1. The fraction of sp³-hybridized carbons (Fsp3) is 0.111. The van der Waals surface area contributed by atoms with Crippen molar-refractivity contribution in [2.45, 2.75) is 0 Å². The lowest BCUT2D eigenvalue weighted by Crippen LogP contribution is -2.22. The number of hydrogen-bond donors (Lipinski definition) is 2. The van der Waals surface area contributed by atoms with Crippen LogP contribution in [0.2, 0.25) is 0 Å². The van der Waals surface area contributed by atoms with Gasteiger partial charge in [-0.1, -0.05) is 0 Å². The second kappa shape index (κ2) is 3.87. The van der Waals surface area contributed by atoms with Gasteiger partial charge in [-0.05, 0) is 12.1 Å². The van der Waals surface area contributed by atoms with Crippen LogP contribution in [0, 0.1) is 0 Å². The van der Waals surface area contributed by atoms with Crippen LogP contribution in [-0.4, -0.2) is 27.4 Å². The van der Waals surface area contributed by atoms with E-state index in [1.165, 1.54) is 0 Å². The van der Waals surface area contributed by atoms with Gasteiger partial charge in [0.15, 0.2) is 5.65 Å². The molecule has 0 unspecified atom stereocenters. The minimum atomic E-state index is -0.434. The number of hydrogen-bond acceptors (Lipinski definition) is 5. The predicted octanol–water partition coefficient (Wildman–Crippen LogP) is -0.0780. The van der Waals surface area contributed by atoms with Gasteiger partial charge in [0.25, 0.3) is 0 Å². The van der Waals surface area contributed by atoms with Gasteiger partial charge in [-0.15, -0.1) is 0 Å². The van der Waals surface area contributed by atoms with Crippen LogP contribution in [0.25, 0.3) is 11.2 Å². The van der Waals surface area contributed by atoms with Crippen LogP contribution in [0.1, 0.15) is 0 Å². The van der Waals surface area contributed by atoms with E-state index in [0.29, 0.717) is 17.0 Å². The van der Waals surface area contributed by atoms with Crippen LogP contribution in [0.4, 0.5) is 5.82 Å². The molecule has 0 saturated heterocycles. The number of nitrogens with zero attached hydrogens (tertiary/aromatic N) is 3. The number of rotatable bonds is 3. The molecule has 6 heteroatoms. The zero-order valence-electron chi connectivity index (χ0n) is 7.84. The molecule has 2 aromatic rings. The van der Waals surface area contributed by atoms with Crippen LogP contribution >= 0.6 is 0 Å². The largest absolute Gasteiger partial charge is 0.368 e. The molecule has 0 fully saturated rings. The first-order chi connectivity index (χ1) is 7.25. The number of anilines is 1. The van der Waals surface area contributed by atoms with Gasteiger partial charge in [0.2, 0.25) is 5.91 Å². The molecule has 2 heterocycles. The fourth-order valence-corrected chi connectivity index (χ4v) is 1.13. The van der Waals surface area contributed by atoms with Gasteiger partial charge in [-0.2, -0.15) is 0 Å². The quantitative estimate of drug-likeness (QED) is 0.727. The van der Waals surface area contributed by atoms with E-state index in [4.69, 9.17) is 5.73 Å². The summed E-state index contributed by atoms with van der Waals surface area (Å²) in [5.41, 5.74) is 6.24. The Morgan fingerprint density at radius 2 is 2.13 bits per heavy atom. The van der Waals surface area contributed by atoms with Gasteiger partial charge in [-0.25, -0.2) is 9.97 Å². The van der Waals surface area contributed by atoms with E-state index in [0.717, 1.165) is 0 Å². The molecule has 6 nitrogen and oxygen atoms in total. The summed E-state index contributed by atoms with van der Waals surface area (Å²) in [5.74, 6) is 0.123. The summed E-state index contributed by atoms with van der Waals surface area (Å²) in [5, 5.41) is 2.78. The van der Waals surface area contributed by atoms with Crippen molar-refractivity contribution in [3.05, 3.63) is 24.5 Å². The average Bonchev–Trinajstić information content (AvgIpc) is 2.26. The van der Waals surface area contributed by atoms with Gasteiger partial charge in [0.1, 0.15) is 11.3 Å². The van der Waals surface area contributed by atoms with Gasteiger partial charge in [0, 0.05) is 12.4 Å². The first-order valence-corrected chi connectivity index (χ1v) is 4.35. The van der Waals surface area contributed by atoms with E-state index in [1.807, 2.05) is 0 Å². The average molecular weight is 203 g/mol. The highest BCUT2D eigenvalue weighted by molar-refractivity contribution is 5.79. The van der Waals surface area contributed by atoms with Crippen molar-refractivity contribution in [2.24, 2.45) is 5.73 Å². The summed E-state index contributed by atoms with van der Waals surface area (Å²) in [6, 6.07) is 3.50. The van der Waals surface area contributed by atoms with Gasteiger partial charge < -0.3 is 11.1 Å². The summed E-state index contributed by atoms with van der Waals surface area (Å²) < 4.78 is 0. The Bertz CT molecular complexity index is 499. The summed E-state index contributed by atoms with van der Waals surface area (Å²) in [4.78, 5) is 22.8. The van der Waals surface area contributed by atoms with Crippen molar-refractivity contribution in [3.8, 4) is 0 Å². The number of fused-ring (bicyclic) bond motifs is 1. The first-order valence-electron chi connectivity index (χ1n) is 4.35. The van der Waals surface area contributed by atoms with Crippen molar-refractivity contribution in [1.82, 2.24) is 15.0 Å². The molecule has 0 aromatic carbocycles. The molecule has 0 atom stereocenters. The smallest absolute Gasteiger partial charge is 0.236 e. The van der Waals surface area contributed by atoms with Crippen LogP contribution in [0.15, 0.2) is 24.5 Å². The van der Waals surface area contributed by atoms with Crippen molar-refractivity contribution in [2.75, 3.05) is 11.9 Å². The standard InChI is InChI=1S/C9H9N5O/c10-7(15)5-13-8-2-1-6-9(14-8)12-4-3-11-6/h1-4H,5H2,(H2,10,15)(H,12,13,14). The van der Waals surface area contributed by atoms with Gasteiger partial charge in [-0.3, -0.25) is 9.78 Å². The number of carbonyl (C=O) groups is 1. The first kappa shape index (κ1) is 9.32. The molecule has 1 amide bonds. The lowest BCUT2D eigenvalue weighted by Gasteiger charge is -2.02. The third-order valence-electron chi connectivity index (χ3n) is 1.78. The van der Waals surface area contributed by atoms with Crippen LogP contribution in [0.5, 0.6) is 0 Å². The second-order valence-corrected chi connectivity index (χ2v) is 2.92. The maximum absolute atomic E-state index is 10.5. The lowest BCUT2D eigenvalue weighted by atomic mass is 10.4. The zero-order valence-corrected chi connectivity index (χ0v) is 7.84. The van der Waals surface area contributed by atoms with Crippen LogP contribution < -0.4 is 11.1 Å². The second-order valence-electron chi connectivity index (χ2n) is 2.92. The zero-order chi connectivity index (χ0) is 10.7. The van der Waals surface area contributed by atoms with Crippen LogP contribution in [-0.2, 0) is 4.79 Å². The predicted molar refractivity (Wildman–Crippen MR) is 55.0 cm³/mol. The Hall–Kier alpha value is -2.24. The van der Waals surface area contributed by atoms with Crippen molar-refractivity contribution >= 4 is 22.9 Å². The van der Waals surface area contributed by atoms with E-state index in [-0.39, 0.29) is 6.54 Å². The third-order valence-corrected chi connectivity index (χ3v) is 1.78. The molecule has 0 aliphatic carbocycles. The summed E-state index contributed by atoms with van der Waals surface area (Å²) in [7, 11) is 0. The number of amides is 1. The molecule has 0 radical (unpaired) electrons. The van der Waals surface area contributed by atoms with E-state index in [9.17, 15) is 4.79 Å². The van der Waals surface area contributed by atoms with E-state index < -0.39 is 5.91 Å². The lowest BCUT2D eigenvalue weighted by molar-refractivity contribution is -0.116. The monoisotopic (exact) mass is 203 g/mol. The molecule has 76 valence electrons. The highest BCUT2D eigenvalue weighted by Crippen LogP contribution is 2.09. The minimum Gasteiger partial charge on any atom is -0.368 e. The Morgan fingerprint density at radius 3 is 2.93 bits per heavy atom. The van der Waals surface area contributed by atoms with Crippen molar-refractivity contribution < 1.29 is 4.79 Å². The number of nitrogens with one attached hydrogen (secondary N) is 1. The molecule has 0 spiro atoms. The van der Waals surface area contributed by atoms with Crippen LogP contribution in [0.3, 0.4) is 0 Å². The Labute approximate surface area is 85.6 Å². The van der Waals surface area contributed by atoms with Crippen molar-refractivity contribution in [1.29, 1.82) is 0 Å². The molecule has 0 aliphatic rings. The number of carbonyl (C=O) groups excluding carboxylic acids is 1. The Kier molecular flexibility index (Phi) is 2.40. The molecule has 0 saturated carbocycles. The van der Waals surface area contributed by atoms with E-state index in [2.05, 4.69) is 20.3 Å². The van der Waals surface area contributed by atoms with Gasteiger partial charge >= 0.3 is 0 Å². The summed E-state index contributed by atoms with van der Waals surface area (Å²) >= 11 is 0. The normalized spacial score (nSPS) is 10.1. The number of primary amides is 1. The van der Waals surface area contributed by atoms with E-state index in [1.54, 1.807) is 24.5 Å². The fourth-order valence-electron chi connectivity index (χ4n) is 1.13. The summed E-state index contributed by atoms with van der Waals surface area (Å²) in [6.45, 7) is 0.0543. The highest BCUT2D eigenvalue weighted by atomic mass is 16.1. The molecule has 0 bridgehead atoms. The molecule has 15 heavy (non-hydrogen) atoms. The molecule has 3 N–H and O–H groups in total. The third kappa shape index (κ3) is 2.16. The van der Waals surface area contributed by atoms with E-state index >= 15 is 0 Å². The molecule has 0 aliphatic heterocycles. The Morgan fingerprint density at radius 1 is 1.33 bits per heavy atom. The maximum atomic E-state index is 10.5. The molecular weight excluding hydrogens is 194 g/mol. The molecule has 2 rings (SSSR count). The topological polar surface area (TPSA) is 93.8 Å². The molecular formula is C9H9N5O. The highest BCUT2D eigenvalue weighted by Gasteiger charge is 2.00.